The van der Waals surface area contributed by atoms with Crippen molar-refractivity contribution in [3.8, 4) is 0 Å². The summed E-state index contributed by atoms with van der Waals surface area (Å²) in [6.45, 7) is -0.164. The van der Waals surface area contributed by atoms with Gasteiger partial charge in [-0.05, 0) is 17.9 Å². The summed E-state index contributed by atoms with van der Waals surface area (Å²) in [5.41, 5.74) is 0.448. The molecule has 0 saturated carbocycles. The fourth-order valence-corrected chi connectivity index (χ4v) is 1.85. The second-order valence-electron chi connectivity index (χ2n) is 3.94. The topological polar surface area (TPSA) is 73.6 Å². The maximum absolute atomic E-state index is 9.99. The highest BCUT2D eigenvalue weighted by Crippen LogP contribution is 2.24. The van der Waals surface area contributed by atoms with Gasteiger partial charge in [0.25, 0.3) is 0 Å². The van der Waals surface area contributed by atoms with E-state index in [4.69, 9.17) is 5.11 Å². The van der Waals surface area contributed by atoms with Gasteiger partial charge in [-0.1, -0.05) is 24.3 Å². The average molecular weight is 233 g/mol. The van der Waals surface area contributed by atoms with Gasteiger partial charge in [0.05, 0.1) is 11.8 Å². The summed E-state index contributed by atoms with van der Waals surface area (Å²) in [6.07, 6.45) is -0.343. The van der Waals surface area contributed by atoms with Gasteiger partial charge in [-0.25, -0.2) is 0 Å². The Hall–Kier alpha value is -1.49. The lowest BCUT2D eigenvalue weighted by Crippen LogP contribution is -2.20. The zero-order valence-electron chi connectivity index (χ0n) is 9.32. The monoisotopic (exact) mass is 233 g/mol. The van der Waals surface area contributed by atoms with E-state index in [-0.39, 0.29) is 13.0 Å². The van der Waals surface area contributed by atoms with Gasteiger partial charge in [-0.2, -0.15) is 0 Å². The van der Waals surface area contributed by atoms with Gasteiger partial charge in [0.2, 0.25) is 0 Å². The molecule has 2 rings (SSSR count). The number of fused-ring (bicyclic) bond motifs is 1. The normalized spacial score (nSPS) is 14.8. The SMILES string of the molecule is OCCC(O)C(O)c1nccc2ccccc12. The molecule has 2 aromatic rings. The van der Waals surface area contributed by atoms with Crippen molar-refractivity contribution in [2.24, 2.45) is 0 Å². The van der Waals surface area contributed by atoms with E-state index in [0.717, 1.165) is 10.8 Å². The molecule has 0 aliphatic rings. The first-order valence-corrected chi connectivity index (χ1v) is 5.54. The maximum Gasteiger partial charge on any atom is 0.122 e. The van der Waals surface area contributed by atoms with Crippen LogP contribution in [-0.2, 0) is 0 Å². The van der Waals surface area contributed by atoms with Crippen LogP contribution < -0.4 is 0 Å². The average Bonchev–Trinajstić information content (AvgIpc) is 2.37. The van der Waals surface area contributed by atoms with E-state index in [1.54, 1.807) is 6.20 Å². The number of aliphatic hydroxyl groups excluding tert-OH is 3. The van der Waals surface area contributed by atoms with E-state index in [1.807, 2.05) is 30.3 Å². The van der Waals surface area contributed by atoms with Gasteiger partial charge in [0.1, 0.15) is 6.10 Å². The molecular weight excluding hydrogens is 218 g/mol. The molecule has 1 heterocycles. The van der Waals surface area contributed by atoms with E-state index in [2.05, 4.69) is 4.98 Å². The van der Waals surface area contributed by atoms with E-state index >= 15 is 0 Å². The molecule has 4 heteroatoms. The smallest absolute Gasteiger partial charge is 0.122 e. The van der Waals surface area contributed by atoms with Gasteiger partial charge < -0.3 is 15.3 Å². The first kappa shape index (κ1) is 12.0. The van der Waals surface area contributed by atoms with E-state index in [9.17, 15) is 10.2 Å². The summed E-state index contributed by atoms with van der Waals surface area (Å²) in [4.78, 5) is 4.12. The van der Waals surface area contributed by atoms with Crippen LogP contribution in [0.25, 0.3) is 10.8 Å². The third kappa shape index (κ3) is 2.44. The van der Waals surface area contributed by atoms with Crippen molar-refractivity contribution < 1.29 is 15.3 Å². The molecule has 4 nitrogen and oxygen atoms in total. The van der Waals surface area contributed by atoms with Gasteiger partial charge in [0, 0.05) is 18.2 Å². The van der Waals surface area contributed by atoms with Crippen LogP contribution in [0.5, 0.6) is 0 Å². The fraction of sp³-hybridized carbons (Fsp3) is 0.308. The molecule has 0 radical (unpaired) electrons. The number of aliphatic hydroxyl groups is 3. The third-order valence-electron chi connectivity index (χ3n) is 2.77. The highest BCUT2D eigenvalue weighted by Gasteiger charge is 2.20. The summed E-state index contributed by atoms with van der Waals surface area (Å²) in [7, 11) is 0. The molecule has 0 aliphatic carbocycles. The van der Waals surface area contributed by atoms with Crippen LogP contribution in [0.1, 0.15) is 18.2 Å². The molecule has 2 atom stereocenters. The van der Waals surface area contributed by atoms with Gasteiger partial charge in [0.15, 0.2) is 0 Å². The van der Waals surface area contributed by atoms with Crippen molar-refractivity contribution in [2.45, 2.75) is 18.6 Å². The van der Waals surface area contributed by atoms with Crippen LogP contribution in [0.4, 0.5) is 0 Å². The zero-order chi connectivity index (χ0) is 12.3. The molecule has 0 amide bonds. The number of nitrogens with zero attached hydrogens (tertiary/aromatic N) is 1. The second kappa shape index (κ2) is 5.23. The molecule has 17 heavy (non-hydrogen) atoms. The Balaban J connectivity index is 2.41. The van der Waals surface area contributed by atoms with Crippen molar-refractivity contribution in [1.29, 1.82) is 0 Å². The summed E-state index contributed by atoms with van der Waals surface area (Å²) in [6, 6.07) is 9.39. The Morgan fingerprint density at radius 2 is 1.88 bits per heavy atom. The molecule has 90 valence electrons. The van der Waals surface area contributed by atoms with E-state index in [0.29, 0.717) is 5.69 Å². The minimum Gasteiger partial charge on any atom is -0.396 e. The number of rotatable bonds is 4. The lowest BCUT2D eigenvalue weighted by molar-refractivity contribution is 0.00278. The number of pyridine rings is 1. The fourth-order valence-electron chi connectivity index (χ4n) is 1.85. The van der Waals surface area contributed by atoms with Crippen LogP contribution in [0.15, 0.2) is 36.5 Å². The molecular formula is C13H15NO3. The molecule has 1 aromatic heterocycles. The summed E-state index contributed by atoms with van der Waals surface area (Å²) < 4.78 is 0. The Bertz CT molecular complexity index is 495. The Morgan fingerprint density at radius 1 is 1.12 bits per heavy atom. The van der Waals surface area contributed by atoms with Crippen LogP contribution in [0.3, 0.4) is 0 Å². The first-order chi connectivity index (χ1) is 8.24. The predicted octanol–water partition coefficient (Wildman–Crippen LogP) is 1.01. The Labute approximate surface area is 99.2 Å². The van der Waals surface area contributed by atoms with Crippen molar-refractivity contribution in [3.05, 3.63) is 42.2 Å². The van der Waals surface area contributed by atoms with Crippen LogP contribution in [0, 0.1) is 0 Å². The van der Waals surface area contributed by atoms with Crippen LogP contribution in [0.2, 0.25) is 0 Å². The maximum atomic E-state index is 9.99. The lowest BCUT2D eigenvalue weighted by atomic mass is 10.0. The number of benzene rings is 1. The van der Waals surface area contributed by atoms with Crippen molar-refractivity contribution in [3.63, 3.8) is 0 Å². The van der Waals surface area contributed by atoms with E-state index in [1.165, 1.54) is 0 Å². The molecule has 3 N–H and O–H groups in total. The molecule has 0 fully saturated rings. The van der Waals surface area contributed by atoms with Crippen molar-refractivity contribution >= 4 is 10.8 Å². The quantitative estimate of drug-likeness (QED) is 0.737. The number of aromatic nitrogens is 1. The molecule has 1 aromatic carbocycles. The highest BCUT2D eigenvalue weighted by atomic mass is 16.3. The van der Waals surface area contributed by atoms with Crippen molar-refractivity contribution in [2.75, 3.05) is 6.61 Å². The highest BCUT2D eigenvalue weighted by molar-refractivity contribution is 5.84. The van der Waals surface area contributed by atoms with Gasteiger partial charge in [-0.3, -0.25) is 4.98 Å². The molecule has 2 unspecified atom stereocenters. The van der Waals surface area contributed by atoms with E-state index < -0.39 is 12.2 Å². The first-order valence-electron chi connectivity index (χ1n) is 5.54. The summed E-state index contributed by atoms with van der Waals surface area (Å²) in [5, 5.41) is 30.2. The molecule has 0 saturated heterocycles. The largest absolute Gasteiger partial charge is 0.396 e. The molecule has 0 aliphatic heterocycles. The number of hydrogen-bond acceptors (Lipinski definition) is 4. The van der Waals surface area contributed by atoms with Crippen LogP contribution in [-0.4, -0.2) is 33.0 Å². The van der Waals surface area contributed by atoms with Crippen molar-refractivity contribution in [1.82, 2.24) is 4.98 Å². The summed E-state index contributed by atoms with van der Waals surface area (Å²) >= 11 is 0. The Morgan fingerprint density at radius 3 is 2.65 bits per heavy atom. The van der Waals surface area contributed by atoms with Gasteiger partial charge >= 0.3 is 0 Å². The third-order valence-corrected chi connectivity index (χ3v) is 2.77. The standard InChI is InChI=1S/C13H15NO3/c15-8-6-11(16)13(17)12-10-4-2-1-3-9(10)5-7-14-12/h1-5,7,11,13,15-17H,6,8H2. The van der Waals surface area contributed by atoms with Crippen LogP contribution >= 0.6 is 0 Å². The second-order valence-corrected chi connectivity index (χ2v) is 3.94. The predicted molar refractivity (Wildman–Crippen MR) is 64.4 cm³/mol. The minimum absolute atomic E-state index is 0.131. The minimum atomic E-state index is -1.08. The molecule has 0 spiro atoms. The lowest BCUT2D eigenvalue weighted by Gasteiger charge is -2.17. The Kier molecular flexibility index (Phi) is 3.68. The summed E-state index contributed by atoms with van der Waals surface area (Å²) in [5.74, 6) is 0. The number of hydrogen-bond donors (Lipinski definition) is 3. The zero-order valence-corrected chi connectivity index (χ0v) is 9.32. The molecule has 0 bridgehead atoms. The van der Waals surface area contributed by atoms with Gasteiger partial charge in [-0.15, -0.1) is 0 Å².